The van der Waals surface area contributed by atoms with Crippen molar-refractivity contribution >= 4 is 35.0 Å². The molecule has 0 bridgehead atoms. The van der Waals surface area contributed by atoms with Gasteiger partial charge in [0, 0.05) is 6.92 Å². The molecule has 13 heavy (non-hydrogen) atoms. The smallest absolute Gasteiger partial charge is 0.302 e. The number of esters is 1. The monoisotopic (exact) mass is 226 g/mol. The number of halogens is 2. The SMILES string of the molecule is CC(=O)OCCC(C(C)=O)C(Cl)Cl. The van der Waals surface area contributed by atoms with Crippen molar-refractivity contribution in [3.63, 3.8) is 0 Å². The summed E-state index contributed by atoms with van der Waals surface area (Å²) < 4.78 is 4.66. The lowest BCUT2D eigenvalue weighted by molar-refractivity contribution is -0.141. The summed E-state index contributed by atoms with van der Waals surface area (Å²) in [5.74, 6) is -0.923. The Morgan fingerprint density at radius 1 is 1.31 bits per heavy atom. The first-order valence-electron chi connectivity index (χ1n) is 3.87. The fourth-order valence-corrected chi connectivity index (χ4v) is 1.44. The number of carbonyl (C=O) groups is 2. The van der Waals surface area contributed by atoms with Crippen LogP contribution in [-0.4, -0.2) is 23.2 Å². The van der Waals surface area contributed by atoms with Gasteiger partial charge in [-0.15, -0.1) is 23.2 Å². The second-order valence-electron chi connectivity index (χ2n) is 2.68. The van der Waals surface area contributed by atoms with Crippen LogP contribution in [0.2, 0.25) is 0 Å². The summed E-state index contributed by atoms with van der Waals surface area (Å²) in [5, 5.41) is 0. The molecule has 0 aliphatic heterocycles. The Hall–Kier alpha value is -0.280. The zero-order valence-electron chi connectivity index (χ0n) is 7.55. The highest BCUT2D eigenvalue weighted by atomic mass is 35.5. The van der Waals surface area contributed by atoms with Gasteiger partial charge in [-0.2, -0.15) is 0 Å². The van der Waals surface area contributed by atoms with E-state index in [1.165, 1.54) is 13.8 Å². The van der Waals surface area contributed by atoms with Gasteiger partial charge in [-0.05, 0) is 13.3 Å². The molecule has 76 valence electrons. The van der Waals surface area contributed by atoms with Crippen molar-refractivity contribution in [3.8, 4) is 0 Å². The van der Waals surface area contributed by atoms with Crippen molar-refractivity contribution in [2.24, 2.45) is 5.92 Å². The average molecular weight is 227 g/mol. The lowest BCUT2D eigenvalue weighted by Gasteiger charge is -2.13. The second-order valence-corrected chi connectivity index (χ2v) is 3.84. The number of alkyl halides is 2. The van der Waals surface area contributed by atoms with Gasteiger partial charge in [0.15, 0.2) is 0 Å². The minimum Gasteiger partial charge on any atom is -0.466 e. The molecule has 0 saturated carbocycles. The summed E-state index contributed by atoms with van der Waals surface area (Å²) >= 11 is 11.1. The van der Waals surface area contributed by atoms with Gasteiger partial charge in [0.05, 0.1) is 12.5 Å². The molecule has 0 amide bonds. The van der Waals surface area contributed by atoms with Crippen LogP contribution in [0, 0.1) is 5.92 Å². The molecular formula is C8H12Cl2O3. The predicted molar refractivity (Wildman–Crippen MR) is 50.9 cm³/mol. The number of ether oxygens (including phenoxy) is 1. The molecule has 0 aromatic carbocycles. The molecule has 0 radical (unpaired) electrons. The molecule has 0 aromatic rings. The topological polar surface area (TPSA) is 43.4 Å². The van der Waals surface area contributed by atoms with Gasteiger partial charge in [-0.3, -0.25) is 9.59 Å². The number of ketones is 1. The van der Waals surface area contributed by atoms with E-state index >= 15 is 0 Å². The van der Waals surface area contributed by atoms with Gasteiger partial charge in [0.2, 0.25) is 0 Å². The number of carbonyl (C=O) groups excluding carboxylic acids is 2. The van der Waals surface area contributed by atoms with Gasteiger partial charge in [0.25, 0.3) is 0 Å². The van der Waals surface area contributed by atoms with E-state index in [1.807, 2.05) is 0 Å². The predicted octanol–water partition coefficient (Wildman–Crippen LogP) is 1.95. The Bertz CT molecular complexity index is 192. The van der Waals surface area contributed by atoms with Crippen molar-refractivity contribution in [2.45, 2.75) is 25.1 Å². The fourth-order valence-electron chi connectivity index (χ4n) is 0.836. The third kappa shape index (κ3) is 5.88. The van der Waals surface area contributed by atoms with Crippen molar-refractivity contribution in [2.75, 3.05) is 6.61 Å². The van der Waals surface area contributed by atoms with Crippen LogP contribution < -0.4 is 0 Å². The largest absolute Gasteiger partial charge is 0.466 e. The summed E-state index contributed by atoms with van der Waals surface area (Å²) in [4.78, 5) is 20.6. The molecule has 0 spiro atoms. The zero-order chi connectivity index (χ0) is 10.4. The Labute approximate surface area is 87.3 Å². The molecule has 5 heteroatoms. The van der Waals surface area contributed by atoms with Crippen molar-refractivity contribution in [3.05, 3.63) is 0 Å². The van der Waals surface area contributed by atoms with E-state index in [-0.39, 0.29) is 18.4 Å². The Morgan fingerprint density at radius 2 is 1.85 bits per heavy atom. The third-order valence-corrected chi connectivity index (χ3v) is 2.17. The molecular weight excluding hydrogens is 215 g/mol. The molecule has 1 unspecified atom stereocenters. The number of hydrogen-bond acceptors (Lipinski definition) is 3. The Balaban J connectivity index is 3.84. The fraction of sp³-hybridized carbons (Fsp3) is 0.750. The lowest BCUT2D eigenvalue weighted by Crippen LogP contribution is -2.20. The summed E-state index contributed by atoms with van der Waals surface area (Å²) in [7, 11) is 0. The standard InChI is InChI=1S/C8H12Cl2O3/c1-5(11)7(8(9)10)3-4-13-6(2)12/h7-8H,3-4H2,1-2H3. The average Bonchev–Trinajstić information content (AvgIpc) is 1.95. The minimum atomic E-state index is -0.743. The van der Waals surface area contributed by atoms with Crippen LogP contribution in [0.4, 0.5) is 0 Å². The molecule has 0 aliphatic rings. The van der Waals surface area contributed by atoms with Gasteiger partial charge in [0.1, 0.15) is 10.6 Å². The number of rotatable bonds is 5. The highest BCUT2D eigenvalue weighted by molar-refractivity contribution is 6.45. The summed E-state index contributed by atoms with van der Waals surface area (Å²) in [6.45, 7) is 2.90. The highest BCUT2D eigenvalue weighted by Gasteiger charge is 2.21. The quantitative estimate of drug-likeness (QED) is 0.532. The van der Waals surface area contributed by atoms with Gasteiger partial charge in [-0.25, -0.2) is 0 Å². The Morgan fingerprint density at radius 3 is 2.15 bits per heavy atom. The molecule has 0 aliphatic carbocycles. The van der Waals surface area contributed by atoms with Crippen LogP contribution in [0.5, 0.6) is 0 Å². The van der Waals surface area contributed by atoms with Crippen LogP contribution >= 0.6 is 23.2 Å². The normalized spacial score (nSPS) is 12.7. The van der Waals surface area contributed by atoms with Gasteiger partial charge in [-0.1, -0.05) is 0 Å². The molecule has 0 saturated heterocycles. The minimum absolute atomic E-state index is 0.0952. The van der Waals surface area contributed by atoms with E-state index in [9.17, 15) is 9.59 Å². The molecule has 0 aromatic heterocycles. The maximum Gasteiger partial charge on any atom is 0.302 e. The van der Waals surface area contributed by atoms with Gasteiger partial charge < -0.3 is 4.74 Å². The molecule has 0 fully saturated rings. The summed E-state index contributed by atoms with van der Waals surface area (Å²) in [6, 6.07) is 0. The maximum absolute atomic E-state index is 11.0. The molecule has 0 rings (SSSR count). The zero-order valence-corrected chi connectivity index (χ0v) is 9.06. The highest BCUT2D eigenvalue weighted by Crippen LogP contribution is 2.19. The third-order valence-electron chi connectivity index (χ3n) is 1.56. The van der Waals surface area contributed by atoms with Crippen LogP contribution in [0.3, 0.4) is 0 Å². The van der Waals surface area contributed by atoms with E-state index in [1.54, 1.807) is 0 Å². The first-order valence-corrected chi connectivity index (χ1v) is 4.74. The van der Waals surface area contributed by atoms with E-state index in [2.05, 4.69) is 4.74 Å². The molecule has 3 nitrogen and oxygen atoms in total. The lowest BCUT2D eigenvalue weighted by atomic mass is 10.0. The summed E-state index contributed by atoms with van der Waals surface area (Å²) in [5.41, 5.74) is 0. The molecule has 1 atom stereocenters. The van der Waals surface area contributed by atoms with Crippen LogP contribution in [0.25, 0.3) is 0 Å². The molecule has 0 N–H and O–H groups in total. The van der Waals surface area contributed by atoms with E-state index in [0.29, 0.717) is 6.42 Å². The van der Waals surface area contributed by atoms with Crippen molar-refractivity contribution < 1.29 is 14.3 Å². The second kappa shape index (κ2) is 6.22. The maximum atomic E-state index is 11.0. The van der Waals surface area contributed by atoms with Crippen molar-refractivity contribution in [1.29, 1.82) is 0 Å². The van der Waals surface area contributed by atoms with Crippen LogP contribution in [0.1, 0.15) is 20.3 Å². The van der Waals surface area contributed by atoms with Crippen LogP contribution in [0.15, 0.2) is 0 Å². The van der Waals surface area contributed by atoms with Crippen molar-refractivity contribution in [1.82, 2.24) is 0 Å². The van der Waals surface area contributed by atoms with E-state index in [0.717, 1.165) is 0 Å². The first kappa shape index (κ1) is 12.7. The van der Waals surface area contributed by atoms with Gasteiger partial charge >= 0.3 is 5.97 Å². The summed E-state index contributed by atoms with van der Waals surface area (Å²) in [6.07, 6.45) is 0.368. The molecule has 0 heterocycles. The number of Topliss-reactive ketones (excluding diaryl/α,β-unsaturated/α-hetero) is 1. The van der Waals surface area contributed by atoms with Crippen LogP contribution in [-0.2, 0) is 14.3 Å². The van der Waals surface area contributed by atoms with E-state index in [4.69, 9.17) is 23.2 Å². The first-order chi connectivity index (χ1) is 5.95. The number of hydrogen-bond donors (Lipinski definition) is 0. The van der Waals surface area contributed by atoms with E-state index < -0.39 is 10.8 Å². The Kier molecular flexibility index (Phi) is 6.08.